The van der Waals surface area contributed by atoms with E-state index in [9.17, 15) is 8.78 Å². The summed E-state index contributed by atoms with van der Waals surface area (Å²) in [5, 5.41) is 2.89. The van der Waals surface area contributed by atoms with E-state index >= 15 is 0 Å². The van der Waals surface area contributed by atoms with E-state index in [4.69, 9.17) is 0 Å². The molecule has 0 radical (unpaired) electrons. The SMILES string of the molecule is CNCc1cc(F)c(N2CC(C)C(C)C2)c(F)c1. The van der Waals surface area contributed by atoms with E-state index < -0.39 is 11.6 Å². The van der Waals surface area contributed by atoms with Crippen molar-refractivity contribution in [2.45, 2.75) is 20.4 Å². The number of rotatable bonds is 3. The van der Waals surface area contributed by atoms with Crippen LogP contribution in [0.1, 0.15) is 19.4 Å². The molecule has 100 valence electrons. The summed E-state index contributed by atoms with van der Waals surface area (Å²) in [6.45, 7) is 6.16. The summed E-state index contributed by atoms with van der Waals surface area (Å²) in [7, 11) is 1.76. The highest BCUT2D eigenvalue weighted by atomic mass is 19.1. The van der Waals surface area contributed by atoms with Crippen LogP contribution in [-0.4, -0.2) is 20.1 Å². The second-order valence-electron chi connectivity index (χ2n) is 5.30. The molecule has 2 unspecified atom stereocenters. The van der Waals surface area contributed by atoms with E-state index in [1.54, 1.807) is 7.05 Å². The molecule has 2 nitrogen and oxygen atoms in total. The molecule has 1 heterocycles. The summed E-state index contributed by atoms with van der Waals surface area (Å²) in [6.07, 6.45) is 0. The third-order valence-corrected chi connectivity index (χ3v) is 3.76. The van der Waals surface area contributed by atoms with Crippen molar-refractivity contribution in [1.29, 1.82) is 0 Å². The maximum absolute atomic E-state index is 14.0. The van der Waals surface area contributed by atoms with Crippen LogP contribution in [0, 0.1) is 23.5 Å². The second kappa shape index (κ2) is 5.22. The van der Waals surface area contributed by atoms with Crippen LogP contribution in [0.3, 0.4) is 0 Å². The van der Waals surface area contributed by atoms with E-state index in [1.165, 1.54) is 12.1 Å². The van der Waals surface area contributed by atoms with Crippen molar-refractivity contribution >= 4 is 5.69 Å². The Morgan fingerprint density at radius 3 is 2.11 bits per heavy atom. The van der Waals surface area contributed by atoms with Gasteiger partial charge in [0.2, 0.25) is 0 Å². The average molecular weight is 254 g/mol. The maximum atomic E-state index is 14.0. The Labute approximate surface area is 107 Å². The monoisotopic (exact) mass is 254 g/mol. The van der Waals surface area contributed by atoms with Crippen LogP contribution in [0.2, 0.25) is 0 Å². The van der Waals surface area contributed by atoms with Gasteiger partial charge in [-0.15, -0.1) is 0 Å². The molecular formula is C14H20F2N2. The molecule has 1 saturated heterocycles. The molecular weight excluding hydrogens is 234 g/mol. The number of anilines is 1. The molecule has 0 saturated carbocycles. The fourth-order valence-corrected chi connectivity index (χ4v) is 2.54. The van der Waals surface area contributed by atoms with Crippen LogP contribution >= 0.6 is 0 Å². The first-order valence-corrected chi connectivity index (χ1v) is 6.40. The summed E-state index contributed by atoms with van der Waals surface area (Å²) in [6, 6.07) is 2.84. The second-order valence-corrected chi connectivity index (χ2v) is 5.30. The number of hydrogen-bond acceptors (Lipinski definition) is 2. The normalized spacial score (nSPS) is 23.7. The van der Waals surface area contributed by atoms with Crippen molar-refractivity contribution in [3.63, 3.8) is 0 Å². The van der Waals surface area contributed by atoms with Gasteiger partial charge in [-0.2, -0.15) is 0 Å². The van der Waals surface area contributed by atoms with Crippen molar-refractivity contribution in [3.05, 3.63) is 29.3 Å². The molecule has 0 amide bonds. The maximum Gasteiger partial charge on any atom is 0.149 e. The van der Waals surface area contributed by atoms with Crippen molar-refractivity contribution in [1.82, 2.24) is 5.32 Å². The zero-order valence-corrected chi connectivity index (χ0v) is 11.1. The molecule has 0 aromatic heterocycles. The number of nitrogens with one attached hydrogen (secondary N) is 1. The summed E-state index contributed by atoms with van der Waals surface area (Å²) in [5.41, 5.74) is 0.766. The van der Waals surface area contributed by atoms with Crippen LogP contribution in [0.5, 0.6) is 0 Å². The number of nitrogens with zero attached hydrogens (tertiary/aromatic N) is 1. The van der Waals surface area contributed by atoms with E-state index in [1.807, 2.05) is 4.90 Å². The van der Waals surface area contributed by atoms with Crippen molar-refractivity contribution in [2.24, 2.45) is 11.8 Å². The minimum atomic E-state index is -0.457. The Morgan fingerprint density at radius 1 is 1.17 bits per heavy atom. The minimum absolute atomic E-state index is 0.131. The molecule has 0 spiro atoms. The van der Waals surface area contributed by atoms with Gasteiger partial charge in [-0.25, -0.2) is 8.78 Å². The van der Waals surface area contributed by atoms with Crippen LogP contribution < -0.4 is 10.2 Å². The first-order valence-electron chi connectivity index (χ1n) is 6.40. The molecule has 18 heavy (non-hydrogen) atoms. The summed E-state index contributed by atoms with van der Waals surface area (Å²) in [4.78, 5) is 1.82. The quantitative estimate of drug-likeness (QED) is 0.892. The highest BCUT2D eigenvalue weighted by molar-refractivity contribution is 5.51. The highest BCUT2D eigenvalue weighted by Gasteiger charge is 2.29. The Balaban J connectivity index is 2.29. The van der Waals surface area contributed by atoms with E-state index in [0.29, 0.717) is 23.9 Å². The molecule has 2 rings (SSSR count). The predicted molar refractivity (Wildman–Crippen MR) is 69.7 cm³/mol. The van der Waals surface area contributed by atoms with Crippen molar-refractivity contribution < 1.29 is 8.78 Å². The fraction of sp³-hybridized carbons (Fsp3) is 0.571. The van der Waals surface area contributed by atoms with Crippen molar-refractivity contribution in [2.75, 3.05) is 25.0 Å². The van der Waals surface area contributed by atoms with Crippen LogP contribution in [0.15, 0.2) is 12.1 Å². The average Bonchev–Trinajstić information content (AvgIpc) is 2.58. The van der Waals surface area contributed by atoms with Crippen LogP contribution in [0.4, 0.5) is 14.5 Å². The summed E-state index contributed by atoms with van der Waals surface area (Å²) >= 11 is 0. The molecule has 1 fully saturated rings. The Hall–Kier alpha value is -1.16. The Kier molecular flexibility index (Phi) is 3.85. The molecule has 1 aromatic carbocycles. The van der Waals surface area contributed by atoms with Gasteiger partial charge in [0.1, 0.15) is 17.3 Å². The third kappa shape index (κ3) is 2.48. The zero-order chi connectivity index (χ0) is 13.3. The van der Waals surface area contributed by atoms with Crippen LogP contribution in [0.25, 0.3) is 0 Å². The Morgan fingerprint density at radius 2 is 1.67 bits per heavy atom. The molecule has 0 aliphatic carbocycles. The zero-order valence-electron chi connectivity index (χ0n) is 11.1. The molecule has 1 N–H and O–H groups in total. The largest absolute Gasteiger partial charge is 0.366 e. The van der Waals surface area contributed by atoms with Gasteiger partial charge >= 0.3 is 0 Å². The van der Waals surface area contributed by atoms with Gasteiger partial charge in [-0.3, -0.25) is 0 Å². The van der Waals surface area contributed by atoms with Gasteiger partial charge in [-0.05, 0) is 36.6 Å². The lowest BCUT2D eigenvalue weighted by molar-refractivity contribution is 0.494. The van der Waals surface area contributed by atoms with Gasteiger partial charge in [0.15, 0.2) is 0 Å². The number of halogens is 2. The first-order chi connectivity index (χ1) is 8.52. The van der Waals surface area contributed by atoms with E-state index in [2.05, 4.69) is 19.2 Å². The molecule has 4 heteroatoms. The van der Waals surface area contributed by atoms with Gasteiger partial charge in [0.25, 0.3) is 0 Å². The van der Waals surface area contributed by atoms with E-state index in [-0.39, 0.29) is 5.69 Å². The highest BCUT2D eigenvalue weighted by Crippen LogP contribution is 2.32. The van der Waals surface area contributed by atoms with Crippen molar-refractivity contribution in [3.8, 4) is 0 Å². The minimum Gasteiger partial charge on any atom is -0.366 e. The first kappa shape index (κ1) is 13.3. The molecule has 1 aliphatic heterocycles. The standard InChI is InChI=1S/C14H20F2N2/c1-9-7-18(8-10(9)2)14-12(15)4-11(6-17-3)5-13(14)16/h4-5,9-10,17H,6-8H2,1-3H3. The summed E-state index contributed by atoms with van der Waals surface area (Å²) in [5.74, 6) is 0.0321. The summed E-state index contributed by atoms with van der Waals surface area (Å²) < 4.78 is 28.1. The van der Waals surface area contributed by atoms with Gasteiger partial charge in [0, 0.05) is 19.6 Å². The fourth-order valence-electron chi connectivity index (χ4n) is 2.54. The van der Waals surface area contributed by atoms with E-state index in [0.717, 1.165) is 13.1 Å². The predicted octanol–water partition coefficient (Wildman–Crippen LogP) is 2.78. The lowest BCUT2D eigenvalue weighted by atomic mass is 10.0. The van der Waals surface area contributed by atoms with Gasteiger partial charge in [-0.1, -0.05) is 13.8 Å². The van der Waals surface area contributed by atoms with Gasteiger partial charge < -0.3 is 10.2 Å². The lowest BCUT2D eigenvalue weighted by Gasteiger charge is -2.20. The molecule has 0 bridgehead atoms. The third-order valence-electron chi connectivity index (χ3n) is 3.76. The van der Waals surface area contributed by atoms with Crippen LogP contribution in [-0.2, 0) is 6.54 Å². The molecule has 1 aromatic rings. The Bertz CT molecular complexity index is 401. The lowest BCUT2D eigenvalue weighted by Crippen LogP contribution is -2.22. The molecule has 2 atom stereocenters. The number of benzene rings is 1. The smallest absolute Gasteiger partial charge is 0.149 e. The molecule has 1 aliphatic rings. The topological polar surface area (TPSA) is 15.3 Å². The number of hydrogen-bond donors (Lipinski definition) is 1. The van der Waals surface area contributed by atoms with Gasteiger partial charge in [0.05, 0.1) is 0 Å².